The number of nitrogens with zero attached hydrogens (tertiary/aromatic N) is 3. The number of amides is 2. The maximum atomic E-state index is 12.1. The van der Waals surface area contributed by atoms with Crippen LogP contribution in [0.2, 0.25) is 0 Å². The molecule has 0 bridgehead atoms. The molecule has 1 fully saturated rings. The van der Waals surface area contributed by atoms with Crippen molar-refractivity contribution in [1.29, 1.82) is 0 Å². The van der Waals surface area contributed by atoms with Gasteiger partial charge in [0.25, 0.3) is 17.5 Å². The largest absolute Gasteiger partial charge is 0.363 e. The molecule has 0 radical (unpaired) electrons. The van der Waals surface area contributed by atoms with Gasteiger partial charge in [-0.2, -0.15) is 0 Å². The zero-order valence-corrected chi connectivity index (χ0v) is 17.1. The van der Waals surface area contributed by atoms with Crippen LogP contribution >= 0.6 is 15.9 Å². The van der Waals surface area contributed by atoms with Crippen LogP contribution in [0.4, 0.5) is 11.4 Å². The average Bonchev–Trinajstić information content (AvgIpc) is 2.73. The van der Waals surface area contributed by atoms with E-state index in [0.29, 0.717) is 41.9 Å². The first-order chi connectivity index (χ1) is 14.0. The van der Waals surface area contributed by atoms with Gasteiger partial charge in [0, 0.05) is 36.7 Å². The Kier molecular flexibility index (Phi) is 6.78. The van der Waals surface area contributed by atoms with Crippen LogP contribution in [-0.2, 0) is 4.79 Å². The summed E-state index contributed by atoms with van der Waals surface area (Å²) in [5.41, 5.74) is 5.91. The maximum absolute atomic E-state index is 12.1. The normalized spacial score (nSPS) is 14.3. The number of hydrazine groups is 1. The van der Waals surface area contributed by atoms with Crippen LogP contribution in [0, 0.1) is 10.1 Å². The first-order valence-electron chi connectivity index (χ1n) is 9.00. The molecule has 152 valence electrons. The molecule has 0 saturated carbocycles. The first-order valence-corrected chi connectivity index (χ1v) is 9.79. The highest BCUT2D eigenvalue weighted by Gasteiger charge is 2.24. The van der Waals surface area contributed by atoms with Gasteiger partial charge in [0.05, 0.1) is 17.0 Å². The maximum Gasteiger partial charge on any atom is 0.292 e. The number of halogens is 1. The summed E-state index contributed by atoms with van der Waals surface area (Å²) in [4.78, 5) is 39.0. The number of piperazine rings is 1. The Morgan fingerprint density at radius 1 is 1.00 bits per heavy atom. The molecule has 2 N–H and O–H groups in total. The Balaban J connectivity index is 1.47. The summed E-state index contributed by atoms with van der Waals surface area (Å²) in [5.74, 6) is -0.739. The second-order valence-electron chi connectivity index (χ2n) is 6.49. The van der Waals surface area contributed by atoms with Gasteiger partial charge in [0.15, 0.2) is 0 Å². The van der Waals surface area contributed by atoms with Crippen LogP contribution in [0.25, 0.3) is 0 Å². The van der Waals surface area contributed by atoms with E-state index in [2.05, 4.69) is 26.8 Å². The standard InChI is InChI=1S/C19H20BrN5O4/c20-15-6-2-1-5-14(15)19(27)22-21-18(26)13-23-9-11-24(12-10-23)16-7-3-4-8-17(16)25(28)29/h1-8H,9-13H2,(H,21,26)(H,22,27). The minimum atomic E-state index is -0.410. The fourth-order valence-electron chi connectivity index (χ4n) is 3.11. The molecular formula is C19H20BrN5O4. The molecule has 0 spiro atoms. The smallest absolute Gasteiger partial charge is 0.292 e. The minimum Gasteiger partial charge on any atom is -0.363 e. The van der Waals surface area contributed by atoms with Crippen molar-refractivity contribution in [3.63, 3.8) is 0 Å². The predicted molar refractivity (Wildman–Crippen MR) is 112 cm³/mol. The van der Waals surface area contributed by atoms with Gasteiger partial charge < -0.3 is 4.90 Å². The van der Waals surface area contributed by atoms with Gasteiger partial charge in [0.1, 0.15) is 5.69 Å². The third kappa shape index (κ3) is 5.30. The van der Waals surface area contributed by atoms with E-state index in [9.17, 15) is 19.7 Å². The van der Waals surface area contributed by atoms with Gasteiger partial charge in [-0.1, -0.05) is 24.3 Å². The number of para-hydroxylation sites is 2. The fraction of sp³-hybridized carbons (Fsp3) is 0.263. The Hall–Kier alpha value is -2.98. The highest BCUT2D eigenvalue weighted by molar-refractivity contribution is 9.10. The lowest BCUT2D eigenvalue weighted by molar-refractivity contribution is -0.384. The number of nitro groups is 1. The van der Waals surface area contributed by atoms with Crippen molar-refractivity contribution < 1.29 is 14.5 Å². The van der Waals surface area contributed by atoms with Crippen LogP contribution in [0.3, 0.4) is 0 Å². The summed E-state index contributed by atoms with van der Waals surface area (Å²) in [6.07, 6.45) is 0. The molecule has 1 aliphatic rings. The summed E-state index contributed by atoms with van der Waals surface area (Å²) < 4.78 is 0.637. The van der Waals surface area contributed by atoms with E-state index in [-0.39, 0.29) is 23.1 Å². The molecule has 0 aliphatic carbocycles. The van der Waals surface area contributed by atoms with Gasteiger partial charge in [0.2, 0.25) is 0 Å². The number of anilines is 1. The van der Waals surface area contributed by atoms with Crippen molar-refractivity contribution >= 4 is 39.1 Å². The zero-order valence-electron chi connectivity index (χ0n) is 15.5. The molecule has 2 amide bonds. The molecule has 0 unspecified atom stereocenters. The van der Waals surface area contributed by atoms with E-state index in [1.807, 2.05) is 9.80 Å². The average molecular weight is 462 g/mol. The van der Waals surface area contributed by atoms with Crippen LogP contribution in [0.5, 0.6) is 0 Å². The predicted octanol–water partition coefficient (Wildman–Crippen LogP) is 1.94. The van der Waals surface area contributed by atoms with Gasteiger partial charge >= 0.3 is 0 Å². The summed E-state index contributed by atoms with van der Waals surface area (Å²) in [5, 5.41) is 11.2. The van der Waals surface area contributed by atoms with E-state index in [1.165, 1.54) is 6.07 Å². The summed E-state index contributed by atoms with van der Waals surface area (Å²) in [7, 11) is 0. The first kappa shape index (κ1) is 20.7. The Morgan fingerprint density at radius 3 is 2.34 bits per heavy atom. The number of carbonyl (C=O) groups is 2. The van der Waals surface area contributed by atoms with Crippen molar-refractivity contribution in [3.05, 3.63) is 68.7 Å². The lowest BCUT2D eigenvalue weighted by Gasteiger charge is -2.35. The van der Waals surface area contributed by atoms with Crippen LogP contribution in [0.15, 0.2) is 53.0 Å². The lowest BCUT2D eigenvalue weighted by Crippen LogP contribution is -2.52. The Labute approximate surface area is 175 Å². The van der Waals surface area contributed by atoms with Crippen molar-refractivity contribution in [2.24, 2.45) is 0 Å². The number of hydrogen-bond acceptors (Lipinski definition) is 6. The second-order valence-corrected chi connectivity index (χ2v) is 7.35. The molecule has 2 aromatic carbocycles. The minimum absolute atomic E-state index is 0.0773. The van der Waals surface area contributed by atoms with E-state index in [1.54, 1.807) is 42.5 Å². The van der Waals surface area contributed by atoms with Gasteiger partial charge in [-0.05, 0) is 34.1 Å². The van der Waals surface area contributed by atoms with Crippen LogP contribution < -0.4 is 15.8 Å². The lowest BCUT2D eigenvalue weighted by atomic mass is 10.2. The SMILES string of the molecule is O=C(CN1CCN(c2ccccc2[N+](=O)[O-])CC1)NNC(=O)c1ccccc1Br. The number of rotatable bonds is 5. The highest BCUT2D eigenvalue weighted by atomic mass is 79.9. The number of nitrogens with one attached hydrogen (secondary N) is 2. The summed E-state index contributed by atoms with van der Waals surface area (Å²) in [6, 6.07) is 13.6. The van der Waals surface area contributed by atoms with E-state index < -0.39 is 5.91 Å². The van der Waals surface area contributed by atoms with E-state index >= 15 is 0 Å². The molecule has 10 heteroatoms. The van der Waals surface area contributed by atoms with Crippen molar-refractivity contribution in [1.82, 2.24) is 15.8 Å². The third-order valence-corrected chi connectivity index (χ3v) is 5.28. The second kappa shape index (κ2) is 9.48. The number of hydrogen-bond donors (Lipinski definition) is 2. The van der Waals surface area contributed by atoms with Crippen LogP contribution in [0.1, 0.15) is 10.4 Å². The zero-order chi connectivity index (χ0) is 20.8. The van der Waals surface area contributed by atoms with Gasteiger partial charge in [-0.25, -0.2) is 0 Å². The highest BCUT2D eigenvalue weighted by Crippen LogP contribution is 2.28. The summed E-state index contributed by atoms with van der Waals surface area (Å²) >= 11 is 3.29. The van der Waals surface area contributed by atoms with E-state index in [0.717, 1.165) is 0 Å². The fourth-order valence-corrected chi connectivity index (χ4v) is 3.58. The molecule has 1 aliphatic heterocycles. The topological polar surface area (TPSA) is 108 Å². The van der Waals surface area contributed by atoms with Crippen molar-refractivity contribution in [3.8, 4) is 0 Å². The molecule has 0 aromatic heterocycles. The summed E-state index contributed by atoms with van der Waals surface area (Å²) in [6.45, 7) is 2.43. The molecule has 1 heterocycles. The Bertz CT molecular complexity index is 915. The quantitative estimate of drug-likeness (QED) is 0.520. The number of nitro benzene ring substituents is 1. The van der Waals surface area contributed by atoms with Crippen LogP contribution in [-0.4, -0.2) is 54.4 Å². The van der Waals surface area contributed by atoms with Crippen molar-refractivity contribution in [2.45, 2.75) is 0 Å². The number of benzene rings is 2. The molecular weight excluding hydrogens is 442 g/mol. The number of carbonyl (C=O) groups excluding carboxylic acids is 2. The molecule has 0 atom stereocenters. The van der Waals surface area contributed by atoms with E-state index in [4.69, 9.17) is 0 Å². The molecule has 2 aromatic rings. The molecule has 1 saturated heterocycles. The monoisotopic (exact) mass is 461 g/mol. The molecule has 9 nitrogen and oxygen atoms in total. The molecule has 29 heavy (non-hydrogen) atoms. The van der Waals surface area contributed by atoms with Crippen molar-refractivity contribution in [2.75, 3.05) is 37.6 Å². The molecule has 3 rings (SSSR count). The van der Waals surface area contributed by atoms with Gasteiger partial charge in [-0.15, -0.1) is 0 Å². The Morgan fingerprint density at radius 2 is 1.66 bits per heavy atom. The third-order valence-electron chi connectivity index (χ3n) is 4.59. The van der Waals surface area contributed by atoms with Gasteiger partial charge in [-0.3, -0.25) is 35.5 Å².